The zero-order valence-electron chi connectivity index (χ0n) is 20.7. The Balaban J connectivity index is 1.49. The molecule has 2 aliphatic heterocycles. The van der Waals surface area contributed by atoms with Gasteiger partial charge in [0.2, 0.25) is 5.79 Å². The van der Waals surface area contributed by atoms with Crippen LogP contribution in [0.2, 0.25) is 0 Å². The molecule has 0 aliphatic carbocycles. The molecule has 2 aromatic heterocycles. The van der Waals surface area contributed by atoms with E-state index in [4.69, 9.17) is 18.5 Å². The van der Waals surface area contributed by atoms with Crippen molar-refractivity contribution in [2.24, 2.45) is 0 Å². The number of aliphatic hydroxyl groups excluding tert-OH is 5. The first kappa shape index (κ1) is 30.2. The van der Waals surface area contributed by atoms with Gasteiger partial charge in [-0.05, 0) is 13.8 Å². The Kier molecular flexibility index (Phi) is 8.46. The van der Waals surface area contributed by atoms with Gasteiger partial charge >= 0.3 is 19.6 Å². The van der Waals surface area contributed by atoms with Gasteiger partial charge in [0.1, 0.15) is 24.4 Å². The quantitative estimate of drug-likeness (QED) is 0.105. The lowest BCUT2D eigenvalue weighted by atomic mass is 10.1. The van der Waals surface area contributed by atoms with Gasteiger partial charge in [-0.25, -0.2) is 9.59 Å². The van der Waals surface area contributed by atoms with E-state index in [2.05, 4.69) is 0 Å². The van der Waals surface area contributed by atoms with Gasteiger partial charge in [0, 0.05) is 23.5 Å². The van der Waals surface area contributed by atoms with Gasteiger partial charge in [-0.3, -0.25) is 42.3 Å². The predicted octanol–water partition coefficient (Wildman–Crippen LogP) is -5.00. The number of nitrogens with one attached hydrogen (secondary N) is 2. The largest absolute Gasteiger partial charge is 0.393 e. The van der Waals surface area contributed by atoms with Gasteiger partial charge in [-0.2, -0.15) is 0 Å². The Morgan fingerprint density at radius 3 is 2.02 bits per heavy atom. The van der Waals surface area contributed by atoms with Crippen molar-refractivity contribution in [3.05, 3.63) is 65.2 Å². The number of rotatable bonds is 8. The summed E-state index contributed by atoms with van der Waals surface area (Å²) in [5, 5.41) is 62.3. The van der Waals surface area contributed by atoms with Crippen molar-refractivity contribution in [3.63, 3.8) is 0 Å². The second-order valence-corrected chi connectivity index (χ2v) is 10.1. The molecule has 0 radical (unpaired) electrons. The fourth-order valence-electron chi connectivity index (χ4n) is 4.28. The summed E-state index contributed by atoms with van der Waals surface area (Å²) in [7, 11) is -4.05. The molecule has 2 aliphatic rings. The average Bonchev–Trinajstić information content (AvgIpc) is 3.31. The first-order valence-corrected chi connectivity index (χ1v) is 12.8. The number of nitrogens with zero attached hydrogens (tertiary/aromatic N) is 2. The van der Waals surface area contributed by atoms with E-state index < -0.39 is 92.4 Å². The highest BCUT2D eigenvalue weighted by molar-refractivity contribution is 7.33. The van der Waals surface area contributed by atoms with E-state index in [1.807, 2.05) is 9.97 Å². The lowest BCUT2D eigenvalue weighted by Gasteiger charge is -2.30. The van der Waals surface area contributed by atoms with Crippen LogP contribution in [0.5, 0.6) is 0 Å². The zero-order valence-corrected chi connectivity index (χ0v) is 21.7. The Hall–Kier alpha value is -2.81. The molecule has 0 spiro atoms. The highest BCUT2D eigenvalue weighted by atomic mass is 31.1. The molecule has 2 fully saturated rings. The van der Waals surface area contributed by atoms with Crippen molar-refractivity contribution in [2.45, 2.75) is 68.9 Å². The number of H-pyrrole nitrogens is 2. The fraction of sp³-hybridized carbons (Fsp3) is 0.600. The Bertz CT molecular complexity index is 1520. The summed E-state index contributed by atoms with van der Waals surface area (Å²) in [4.78, 5) is 51.5. The maximum Gasteiger partial charge on any atom is 0.330 e. The summed E-state index contributed by atoms with van der Waals surface area (Å²) < 4.78 is 34.4. The SMILES string of the molecule is Cc1cn([C@@H]2O[C@H](C(O)O[PH](=O)OC3(O)C(O)[C@H](n4cc(C)c(=O)[nH]c4=O)O[C@@H]3CO)C(O)C2O)c(=O)[nH]c1=O. The number of ether oxygens (including phenoxy) is 2. The molecule has 4 heterocycles. The second kappa shape index (κ2) is 11.2. The smallest absolute Gasteiger partial charge is 0.330 e. The number of hydrogen-bond acceptors (Lipinski definition) is 15. The van der Waals surface area contributed by atoms with Crippen molar-refractivity contribution in [1.82, 2.24) is 19.1 Å². The maximum absolute atomic E-state index is 12.6. The third-order valence-electron chi connectivity index (χ3n) is 6.48. The second-order valence-electron chi connectivity index (χ2n) is 9.18. The first-order valence-electron chi connectivity index (χ1n) is 11.6. The number of aromatic amines is 2. The summed E-state index contributed by atoms with van der Waals surface area (Å²) in [6, 6.07) is 0. The van der Waals surface area contributed by atoms with E-state index in [0.717, 1.165) is 17.0 Å². The van der Waals surface area contributed by atoms with Crippen molar-refractivity contribution < 1.29 is 53.7 Å². The van der Waals surface area contributed by atoms with Gasteiger partial charge < -0.3 is 40.1 Å². The van der Waals surface area contributed by atoms with Crippen molar-refractivity contribution in [3.8, 4) is 0 Å². The maximum atomic E-state index is 12.6. The summed E-state index contributed by atoms with van der Waals surface area (Å²) >= 11 is 0. The average molecular weight is 594 g/mol. The minimum atomic E-state index is -4.05. The molecule has 40 heavy (non-hydrogen) atoms. The minimum absolute atomic E-state index is 0.0298. The molecule has 0 amide bonds. The summed E-state index contributed by atoms with van der Waals surface area (Å²) in [6.07, 6.45) is -13.2. The molecule has 20 heteroatoms. The van der Waals surface area contributed by atoms with E-state index in [1.165, 1.54) is 13.8 Å². The van der Waals surface area contributed by atoms with Gasteiger partial charge in [-0.1, -0.05) is 0 Å². The van der Waals surface area contributed by atoms with Crippen LogP contribution in [0.4, 0.5) is 0 Å². The standard InChI is InChI=1S/C20H27N4O15P/c1-6-3-23(18(32)21-13(6)29)15-10(27)9(26)11(37-15)17(31)38-40(35)39-20(34)8(5-25)36-16(12(20)28)24-4-7(2)14(30)22-19(24)33/h3-4,8-12,15-17,25-28,31,34,40H,5H2,1-2H3,(H,21,29,32)(H,22,30,33)/t8-,9?,10?,11+,12?,15-,16-,17?,20?/m1/s1. The highest BCUT2D eigenvalue weighted by Crippen LogP contribution is 2.44. The molecule has 2 aromatic rings. The first-order chi connectivity index (χ1) is 18.7. The summed E-state index contributed by atoms with van der Waals surface area (Å²) in [5.74, 6) is -2.98. The highest BCUT2D eigenvalue weighted by Gasteiger charge is 2.59. The molecular formula is C20H27N4O15P. The van der Waals surface area contributed by atoms with Crippen LogP contribution in [-0.4, -0.2) is 98.9 Å². The minimum Gasteiger partial charge on any atom is -0.393 e. The number of aryl methyl sites for hydroxylation is 2. The Morgan fingerprint density at radius 2 is 1.50 bits per heavy atom. The fourth-order valence-corrected chi connectivity index (χ4v) is 5.18. The van der Waals surface area contributed by atoms with Crippen LogP contribution in [0.3, 0.4) is 0 Å². The number of aliphatic hydroxyl groups is 6. The van der Waals surface area contributed by atoms with Crippen molar-refractivity contribution in [1.29, 1.82) is 0 Å². The molecule has 10 atom stereocenters. The van der Waals surface area contributed by atoms with E-state index in [-0.39, 0.29) is 11.1 Å². The van der Waals surface area contributed by atoms with Crippen LogP contribution < -0.4 is 22.5 Å². The van der Waals surface area contributed by atoms with Crippen LogP contribution in [-0.2, 0) is 23.1 Å². The lowest BCUT2D eigenvalue weighted by molar-refractivity contribution is -0.224. The molecule has 0 bridgehead atoms. The predicted molar refractivity (Wildman–Crippen MR) is 127 cm³/mol. The molecule has 0 aromatic carbocycles. The monoisotopic (exact) mass is 594 g/mol. The normalized spacial score (nSPS) is 33.8. The lowest BCUT2D eigenvalue weighted by Crippen LogP contribution is -2.50. The molecular weight excluding hydrogens is 567 g/mol. The van der Waals surface area contributed by atoms with E-state index in [1.54, 1.807) is 0 Å². The number of hydrogen-bond donors (Lipinski definition) is 8. The molecule has 6 unspecified atom stereocenters. The topological polar surface area (TPSA) is 285 Å². The van der Waals surface area contributed by atoms with Crippen LogP contribution in [0.15, 0.2) is 31.6 Å². The van der Waals surface area contributed by atoms with Crippen LogP contribution in [0, 0.1) is 13.8 Å². The molecule has 8 N–H and O–H groups in total. The van der Waals surface area contributed by atoms with Gasteiger partial charge in [0.25, 0.3) is 11.1 Å². The van der Waals surface area contributed by atoms with E-state index in [0.29, 0.717) is 4.57 Å². The molecule has 222 valence electrons. The summed E-state index contributed by atoms with van der Waals surface area (Å²) in [6.45, 7) is 1.67. The molecule has 0 saturated carbocycles. The van der Waals surface area contributed by atoms with E-state index in [9.17, 15) is 54.4 Å². The third kappa shape index (κ3) is 5.29. The van der Waals surface area contributed by atoms with Gasteiger partial charge in [0.15, 0.2) is 24.8 Å². The van der Waals surface area contributed by atoms with Crippen LogP contribution >= 0.6 is 8.25 Å². The van der Waals surface area contributed by atoms with Crippen molar-refractivity contribution in [2.75, 3.05) is 6.61 Å². The summed E-state index contributed by atoms with van der Waals surface area (Å²) in [5.41, 5.74) is -3.39. The molecule has 2 saturated heterocycles. The zero-order chi connectivity index (χ0) is 29.7. The van der Waals surface area contributed by atoms with Crippen LogP contribution in [0.1, 0.15) is 23.6 Å². The molecule has 19 nitrogen and oxygen atoms in total. The van der Waals surface area contributed by atoms with Crippen molar-refractivity contribution >= 4 is 8.25 Å². The number of aromatic nitrogens is 4. The van der Waals surface area contributed by atoms with E-state index >= 15 is 0 Å². The molecule has 4 rings (SSSR count). The Morgan fingerprint density at radius 1 is 0.975 bits per heavy atom. The third-order valence-corrected chi connectivity index (χ3v) is 7.41. The Labute approximate surface area is 222 Å². The van der Waals surface area contributed by atoms with Crippen LogP contribution in [0.25, 0.3) is 0 Å². The van der Waals surface area contributed by atoms with Gasteiger partial charge in [-0.15, -0.1) is 0 Å². The van der Waals surface area contributed by atoms with Gasteiger partial charge in [0.05, 0.1) is 6.61 Å².